The Morgan fingerprint density at radius 1 is 1.50 bits per heavy atom. The molecule has 1 aromatic rings. The van der Waals surface area contributed by atoms with Crippen molar-refractivity contribution in [1.82, 2.24) is 4.31 Å². The molecule has 0 bridgehead atoms. The number of nitrogens with zero attached hydrogens (tertiary/aromatic N) is 1. The van der Waals surface area contributed by atoms with E-state index in [2.05, 4.69) is 6.58 Å². The number of hydrogen-bond donors (Lipinski definition) is 1. The fourth-order valence-corrected chi connectivity index (χ4v) is 3.22. The molecular weight excluding hydrogens is 257 g/mol. The fraction of sp³-hybridized carbons (Fsp3) is 0.333. The highest BCUT2D eigenvalue weighted by Crippen LogP contribution is 2.21. The first-order valence-electron chi connectivity index (χ1n) is 5.47. The molecule has 0 saturated carbocycles. The summed E-state index contributed by atoms with van der Waals surface area (Å²) in [6, 6.07) is 3.31. The summed E-state index contributed by atoms with van der Waals surface area (Å²) >= 11 is 0. The lowest BCUT2D eigenvalue weighted by Crippen LogP contribution is -2.31. The minimum absolute atomic E-state index is 0.139. The second-order valence-electron chi connectivity index (χ2n) is 3.65. The number of aliphatic hydroxyl groups is 1. The van der Waals surface area contributed by atoms with Gasteiger partial charge in [-0.15, -0.1) is 6.58 Å². The highest BCUT2D eigenvalue weighted by atomic mass is 32.2. The summed E-state index contributed by atoms with van der Waals surface area (Å²) in [6.45, 7) is 5.09. The third kappa shape index (κ3) is 2.95. The number of rotatable bonds is 6. The Balaban J connectivity index is 3.34. The Morgan fingerprint density at radius 3 is 2.67 bits per heavy atom. The van der Waals surface area contributed by atoms with Gasteiger partial charge in [0.25, 0.3) is 0 Å². The van der Waals surface area contributed by atoms with E-state index in [0.29, 0.717) is 0 Å². The molecule has 6 heteroatoms. The van der Waals surface area contributed by atoms with Crippen molar-refractivity contribution in [3.8, 4) is 0 Å². The van der Waals surface area contributed by atoms with Crippen LogP contribution in [0.3, 0.4) is 0 Å². The number of benzene rings is 1. The SMILES string of the molecule is C=CCN(CC)S(=O)(=O)c1cc(F)ccc1CO. The Hall–Kier alpha value is -1.24. The van der Waals surface area contributed by atoms with Gasteiger partial charge in [0.15, 0.2) is 0 Å². The minimum Gasteiger partial charge on any atom is -0.392 e. The maximum absolute atomic E-state index is 13.2. The molecule has 4 nitrogen and oxygen atoms in total. The lowest BCUT2D eigenvalue weighted by Gasteiger charge is -2.20. The van der Waals surface area contributed by atoms with E-state index in [1.54, 1.807) is 6.92 Å². The normalized spacial score (nSPS) is 11.8. The summed E-state index contributed by atoms with van der Waals surface area (Å²) in [5.41, 5.74) is 0.180. The number of likely N-dealkylation sites (N-methyl/N-ethyl adjacent to an activating group) is 1. The van der Waals surface area contributed by atoms with Crippen LogP contribution in [0.5, 0.6) is 0 Å². The molecule has 0 amide bonds. The van der Waals surface area contributed by atoms with Gasteiger partial charge in [0.1, 0.15) is 5.82 Å². The van der Waals surface area contributed by atoms with Gasteiger partial charge >= 0.3 is 0 Å². The van der Waals surface area contributed by atoms with Crippen LogP contribution in [0.15, 0.2) is 35.7 Å². The maximum Gasteiger partial charge on any atom is 0.243 e. The van der Waals surface area contributed by atoms with E-state index in [1.807, 2.05) is 0 Å². The molecule has 18 heavy (non-hydrogen) atoms. The van der Waals surface area contributed by atoms with E-state index < -0.39 is 22.4 Å². The molecule has 1 aromatic carbocycles. The van der Waals surface area contributed by atoms with Crippen molar-refractivity contribution in [1.29, 1.82) is 0 Å². The maximum atomic E-state index is 13.2. The molecule has 0 aliphatic rings. The van der Waals surface area contributed by atoms with Gasteiger partial charge in [0.2, 0.25) is 10.0 Å². The Kier molecular flexibility index (Phi) is 5.01. The van der Waals surface area contributed by atoms with Gasteiger partial charge in [-0.2, -0.15) is 4.31 Å². The van der Waals surface area contributed by atoms with Gasteiger partial charge in [-0.3, -0.25) is 0 Å². The Bertz CT molecular complexity index is 528. The second kappa shape index (κ2) is 6.08. The molecule has 100 valence electrons. The van der Waals surface area contributed by atoms with Gasteiger partial charge in [-0.25, -0.2) is 12.8 Å². The summed E-state index contributed by atoms with van der Waals surface area (Å²) in [7, 11) is -3.82. The molecule has 0 aromatic heterocycles. The van der Waals surface area contributed by atoms with Gasteiger partial charge in [0.05, 0.1) is 11.5 Å². The third-order valence-corrected chi connectivity index (χ3v) is 4.53. The molecular formula is C12H16FNO3S. The van der Waals surface area contributed by atoms with Gasteiger partial charge < -0.3 is 5.11 Å². The van der Waals surface area contributed by atoms with Crippen molar-refractivity contribution >= 4 is 10.0 Å². The van der Waals surface area contributed by atoms with Crippen LogP contribution in [0.1, 0.15) is 12.5 Å². The molecule has 0 aliphatic carbocycles. The summed E-state index contributed by atoms with van der Waals surface area (Å²) in [5.74, 6) is -0.652. The molecule has 0 aliphatic heterocycles. The van der Waals surface area contributed by atoms with Crippen molar-refractivity contribution < 1.29 is 17.9 Å². The molecule has 0 atom stereocenters. The average Bonchev–Trinajstić information content (AvgIpc) is 2.35. The third-order valence-electron chi connectivity index (χ3n) is 2.50. The van der Waals surface area contributed by atoms with E-state index in [9.17, 15) is 12.8 Å². The van der Waals surface area contributed by atoms with Crippen LogP contribution in [0, 0.1) is 5.82 Å². The van der Waals surface area contributed by atoms with Crippen LogP contribution in [0.25, 0.3) is 0 Å². The molecule has 0 fully saturated rings. The standard InChI is InChI=1S/C12H16FNO3S/c1-3-7-14(4-2)18(16,17)12-8-11(13)6-5-10(12)9-15/h3,5-6,8,15H,1,4,7,9H2,2H3. The minimum atomic E-state index is -3.82. The largest absolute Gasteiger partial charge is 0.392 e. The summed E-state index contributed by atoms with van der Waals surface area (Å²) < 4.78 is 38.9. The predicted molar refractivity (Wildman–Crippen MR) is 67.0 cm³/mol. The number of halogens is 1. The van der Waals surface area contributed by atoms with Crippen molar-refractivity contribution in [2.45, 2.75) is 18.4 Å². The molecule has 1 N–H and O–H groups in total. The van der Waals surface area contributed by atoms with Gasteiger partial charge in [-0.1, -0.05) is 19.1 Å². The van der Waals surface area contributed by atoms with Crippen molar-refractivity contribution in [3.63, 3.8) is 0 Å². The molecule has 0 unspecified atom stereocenters. The lowest BCUT2D eigenvalue weighted by molar-refractivity contribution is 0.278. The first-order chi connectivity index (χ1) is 8.47. The first kappa shape index (κ1) is 14.8. The highest BCUT2D eigenvalue weighted by molar-refractivity contribution is 7.89. The average molecular weight is 273 g/mol. The van der Waals surface area contributed by atoms with Crippen molar-refractivity contribution in [2.24, 2.45) is 0 Å². The van der Waals surface area contributed by atoms with Crippen molar-refractivity contribution in [3.05, 3.63) is 42.2 Å². The number of aliphatic hydroxyl groups excluding tert-OH is 1. The number of sulfonamides is 1. The summed E-state index contributed by atoms with van der Waals surface area (Å²) in [4.78, 5) is -0.200. The Labute approximate surface area is 106 Å². The van der Waals surface area contributed by atoms with E-state index >= 15 is 0 Å². The van der Waals surface area contributed by atoms with Crippen LogP contribution in [0.2, 0.25) is 0 Å². The number of hydrogen-bond acceptors (Lipinski definition) is 3. The van der Waals surface area contributed by atoms with Crippen LogP contribution in [-0.4, -0.2) is 30.9 Å². The monoisotopic (exact) mass is 273 g/mol. The van der Waals surface area contributed by atoms with Crippen LogP contribution >= 0.6 is 0 Å². The predicted octanol–water partition coefficient (Wildman–Crippen LogP) is 1.51. The molecule has 0 radical (unpaired) electrons. The fourth-order valence-electron chi connectivity index (χ4n) is 1.58. The molecule has 1 rings (SSSR count). The topological polar surface area (TPSA) is 57.6 Å². The van der Waals surface area contributed by atoms with E-state index in [0.717, 1.165) is 16.4 Å². The summed E-state index contributed by atoms with van der Waals surface area (Å²) in [6.07, 6.45) is 1.46. The zero-order chi connectivity index (χ0) is 13.8. The highest BCUT2D eigenvalue weighted by Gasteiger charge is 2.25. The molecule has 0 saturated heterocycles. The van der Waals surface area contributed by atoms with E-state index in [4.69, 9.17) is 5.11 Å². The van der Waals surface area contributed by atoms with E-state index in [-0.39, 0.29) is 23.5 Å². The van der Waals surface area contributed by atoms with E-state index in [1.165, 1.54) is 12.1 Å². The quantitative estimate of drug-likeness (QED) is 0.799. The van der Waals surface area contributed by atoms with Crippen LogP contribution < -0.4 is 0 Å². The Morgan fingerprint density at radius 2 is 2.17 bits per heavy atom. The van der Waals surface area contributed by atoms with Crippen LogP contribution in [0.4, 0.5) is 4.39 Å². The molecule has 0 heterocycles. The van der Waals surface area contributed by atoms with Crippen molar-refractivity contribution in [2.75, 3.05) is 13.1 Å². The second-order valence-corrected chi connectivity index (χ2v) is 5.56. The molecule has 0 spiro atoms. The van der Waals surface area contributed by atoms with Crippen LogP contribution in [-0.2, 0) is 16.6 Å². The van der Waals surface area contributed by atoms with Gasteiger partial charge in [-0.05, 0) is 17.7 Å². The zero-order valence-corrected chi connectivity index (χ0v) is 11.0. The summed E-state index contributed by atoms with van der Waals surface area (Å²) in [5, 5.41) is 9.13. The first-order valence-corrected chi connectivity index (χ1v) is 6.91. The zero-order valence-electron chi connectivity index (χ0n) is 10.1. The van der Waals surface area contributed by atoms with Gasteiger partial charge in [0, 0.05) is 13.1 Å². The lowest BCUT2D eigenvalue weighted by atomic mass is 10.2. The smallest absolute Gasteiger partial charge is 0.243 e.